The average molecular weight is 473 g/mol. The second-order valence-electron chi connectivity index (χ2n) is 10.1. The van der Waals surface area contributed by atoms with E-state index in [0.29, 0.717) is 37.4 Å². The Labute approximate surface area is 204 Å². The fourth-order valence-electron chi connectivity index (χ4n) is 3.71. The van der Waals surface area contributed by atoms with Crippen LogP contribution in [0.3, 0.4) is 0 Å². The number of methoxy groups -OCH3 is 2. The van der Waals surface area contributed by atoms with E-state index in [1.54, 1.807) is 24.0 Å². The van der Waals surface area contributed by atoms with Crippen LogP contribution in [0.4, 0.5) is 0 Å². The zero-order chi connectivity index (χ0) is 25.5. The van der Waals surface area contributed by atoms with Gasteiger partial charge in [-0.15, -0.1) is 0 Å². The SMILES string of the molecule is COc1ccc(CCN(Cc2ccc(C)o2)C(=O)CN(C(=O)CC(C)(C)C)C(C)C)cc1OC. The second-order valence-corrected chi connectivity index (χ2v) is 10.1. The Morgan fingerprint density at radius 3 is 2.21 bits per heavy atom. The smallest absolute Gasteiger partial charge is 0.242 e. The molecule has 2 amide bonds. The molecule has 7 heteroatoms. The lowest BCUT2D eigenvalue weighted by atomic mass is 9.91. The number of amides is 2. The molecule has 0 fully saturated rings. The van der Waals surface area contributed by atoms with Gasteiger partial charge in [0.05, 0.1) is 27.3 Å². The number of carbonyl (C=O) groups excluding carboxylic acids is 2. The number of carbonyl (C=O) groups is 2. The molecular formula is C27H40N2O5. The lowest BCUT2D eigenvalue weighted by molar-refractivity contribution is -0.143. The zero-order valence-corrected chi connectivity index (χ0v) is 21.9. The predicted molar refractivity (Wildman–Crippen MR) is 133 cm³/mol. The van der Waals surface area contributed by atoms with Gasteiger partial charge < -0.3 is 23.7 Å². The molecule has 0 saturated heterocycles. The Balaban J connectivity index is 2.20. The van der Waals surface area contributed by atoms with Crippen molar-refractivity contribution in [1.29, 1.82) is 0 Å². The summed E-state index contributed by atoms with van der Waals surface area (Å²) in [6.45, 7) is 12.7. The molecule has 34 heavy (non-hydrogen) atoms. The summed E-state index contributed by atoms with van der Waals surface area (Å²) in [5, 5.41) is 0. The van der Waals surface area contributed by atoms with Gasteiger partial charge in [-0.3, -0.25) is 9.59 Å². The molecule has 0 aliphatic rings. The first-order valence-corrected chi connectivity index (χ1v) is 11.8. The van der Waals surface area contributed by atoms with Crippen LogP contribution in [0.15, 0.2) is 34.7 Å². The van der Waals surface area contributed by atoms with Gasteiger partial charge in [-0.2, -0.15) is 0 Å². The Hall–Kier alpha value is -2.96. The molecule has 1 aromatic heterocycles. The first-order chi connectivity index (χ1) is 15.9. The Morgan fingerprint density at radius 2 is 1.68 bits per heavy atom. The number of hydrogen-bond acceptors (Lipinski definition) is 5. The lowest BCUT2D eigenvalue weighted by Crippen LogP contribution is -2.46. The van der Waals surface area contributed by atoms with Gasteiger partial charge in [0.15, 0.2) is 11.5 Å². The summed E-state index contributed by atoms with van der Waals surface area (Å²) in [5.74, 6) is 2.71. The van der Waals surface area contributed by atoms with Gasteiger partial charge in [0.2, 0.25) is 11.8 Å². The van der Waals surface area contributed by atoms with Gasteiger partial charge in [-0.05, 0) is 62.4 Å². The first-order valence-electron chi connectivity index (χ1n) is 11.8. The highest BCUT2D eigenvalue weighted by atomic mass is 16.5. The van der Waals surface area contributed by atoms with Crippen molar-refractivity contribution in [1.82, 2.24) is 9.80 Å². The number of rotatable bonds is 11. The van der Waals surface area contributed by atoms with Gasteiger partial charge in [0.1, 0.15) is 11.5 Å². The van der Waals surface area contributed by atoms with Crippen molar-refractivity contribution in [3.8, 4) is 11.5 Å². The molecule has 188 valence electrons. The minimum absolute atomic E-state index is 0.00969. The molecule has 2 rings (SSSR count). The zero-order valence-electron chi connectivity index (χ0n) is 21.9. The fraction of sp³-hybridized carbons (Fsp3) is 0.556. The van der Waals surface area contributed by atoms with Crippen molar-refractivity contribution in [2.75, 3.05) is 27.3 Å². The van der Waals surface area contributed by atoms with Crippen LogP contribution in [-0.4, -0.2) is 55.0 Å². The molecule has 0 N–H and O–H groups in total. The monoisotopic (exact) mass is 472 g/mol. The second kappa shape index (κ2) is 12.0. The predicted octanol–water partition coefficient (Wildman–Crippen LogP) is 4.85. The topological polar surface area (TPSA) is 72.2 Å². The molecule has 0 bridgehead atoms. The summed E-state index contributed by atoms with van der Waals surface area (Å²) in [7, 11) is 3.20. The van der Waals surface area contributed by atoms with Crippen molar-refractivity contribution in [3.63, 3.8) is 0 Å². The molecular weight excluding hydrogens is 432 g/mol. The standard InChI is InChI=1S/C27H40N2O5/c1-19(2)29(25(30)16-27(4,5)6)18-26(31)28(17-22-11-9-20(3)34-22)14-13-21-10-12-23(32-7)24(15-21)33-8/h9-12,15,19H,13-14,16-18H2,1-8H3. The van der Waals surface area contributed by atoms with Crippen LogP contribution in [0.5, 0.6) is 11.5 Å². The Morgan fingerprint density at radius 1 is 1.00 bits per heavy atom. The van der Waals surface area contributed by atoms with E-state index in [2.05, 4.69) is 0 Å². The quantitative estimate of drug-likeness (QED) is 0.467. The molecule has 0 radical (unpaired) electrons. The molecule has 0 aliphatic carbocycles. The average Bonchev–Trinajstić information content (AvgIpc) is 3.17. The van der Waals surface area contributed by atoms with Crippen LogP contribution in [0.25, 0.3) is 0 Å². The molecule has 0 spiro atoms. The highest BCUT2D eigenvalue weighted by Crippen LogP contribution is 2.28. The van der Waals surface area contributed by atoms with E-state index in [4.69, 9.17) is 13.9 Å². The van der Waals surface area contributed by atoms with Gasteiger partial charge in [-0.25, -0.2) is 0 Å². The molecule has 2 aromatic rings. The number of furan rings is 1. The molecule has 0 saturated carbocycles. The van der Waals surface area contributed by atoms with Crippen molar-refractivity contribution < 1.29 is 23.5 Å². The van der Waals surface area contributed by atoms with E-state index in [-0.39, 0.29) is 29.8 Å². The van der Waals surface area contributed by atoms with E-state index in [9.17, 15) is 9.59 Å². The highest BCUT2D eigenvalue weighted by Gasteiger charge is 2.27. The van der Waals surface area contributed by atoms with Gasteiger partial charge >= 0.3 is 0 Å². The van der Waals surface area contributed by atoms with Crippen molar-refractivity contribution in [2.45, 2.75) is 67.0 Å². The van der Waals surface area contributed by atoms with Crippen LogP contribution in [0.1, 0.15) is 58.1 Å². The summed E-state index contributed by atoms with van der Waals surface area (Å²) < 4.78 is 16.5. The third kappa shape index (κ3) is 8.12. The third-order valence-electron chi connectivity index (χ3n) is 5.54. The van der Waals surface area contributed by atoms with Crippen molar-refractivity contribution in [3.05, 3.63) is 47.4 Å². The van der Waals surface area contributed by atoms with Gasteiger partial charge in [0.25, 0.3) is 0 Å². The van der Waals surface area contributed by atoms with E-state index >= 15 is 0 Å². The molecule has 0 atom stereocenters. The Kier molecular flexibility index (Phi) is 9.59. The van der Waals surface area contributed by atoms with E-state index in [1.165, 1.54) is 0 Å². The summed E-state index contributed by atoms with van der Waals surface area (Å²) in [6.07, 6.45) is 1.02. The van der Waals surface area contributed by atoms with Gasteiger partial charge in [-0.1, -0.05) is 26.8 Å². The van der Waals surface area contributed by atoms with E-state index < -0.39 is 0 Å². The summed E-state index contributed by atoms with van der Waals surface area (Å²) in [6, 6.07) is 9.45. The number of benzene rings is 1. The van der Waals surface area contributed by atoms with Crippen LogP contribution < -0.4 is 9.47 Å². The lowest BCUT2D eigenvalue weighted by Gasteiger charge is -2.32. The Bertz CT molecular complexity index is 958. The maximum atomic E-state index is 13.4. The first kappa shape index (κ1) is 27.3. The molecule has 0 unspecified atom stereocenters. The summed E-state index contributed by atoms with van der Waals surface area (Å²) in [5.41, 5.74) is 0.877. The third-order valence-corrected chi connectivity index (χ3v) is 5.54. The highest BCUT2D eigenvalue weighted by molar-refractivity contribution is 5.85. The largest absolute Gasteiger partial charge is 0.493 e. The maximum absolute atomic E-state index is 13.4. The van der Waals surface area contributed by atoms with Crippen LogP contribution >= 0.6 is 0 Å². The van der Waals surface area contributed by atoms with Crippen molar-refractivity contribution in [2.24, 2.45) is 5.41 Å². The summed E-state index contributed by atoms with van der Waals surface area (Å²) in [4.78, 5) is 29.8. The summed E-state index contributed by atoms with van der Waals surface area (Å²) >= 11 is 0. The van der Waals surface area contributed by atoms with Crippen LogP contribution in [0.2, 0.25) is 0 Å². The number of ether oxygens (including phenoxy) is 2. The minimum atomic E-state index is -0.147. The fourth-order valence-corrected chi connectivity index (χ4v) is 3.71. The van der Waals surface area contributed by atoms with Gasteiger partial charge in [0, 0.05) is 19.0 Å². The van der Waals surface area contributed by atoms with E-state index in [0.717, 1.165) is 17.1 Å². The molecule has 0 aliphatic heterocycles. The number of nitrogens with zero attached hydrogens (tertiary/aromatic N) is 2. The van der Waals surface area contributed by atoms with Crippen LogP contribution in [0, 0.1) is 12.3 Å². The van der Waals surface area contributed by atoms with Crippen molar-refractivity contribution >= 4 is 11.8 Å². The maximum Gasteiger partial charge on any atom is 0.242 e. The molecule has 1 heterocycles. The normalized spacial score (nSPS) is 11.4. The van der Waals surface area contributed by atoms with E-state index in [1.807, 2.05) is 71.9 Å². The molecule has 7 nitrogen and oxygen atoms in total. The number of aryl methyl sites for hydroxylation is 1. The minimum Gasteiger partial charge on any atom is -0.493 e. The number of hydrogen-bond donors (Lipinski definition) is 0. The van der Waals surface area contributed by atoms with Crippen LogP contribution in [-0.2, 0) is 22.6 Å². The molecule has 1 aromatic carbocycles.